The van der Waals surface area contributed by atoms with E-state index in [0.717, 1.165) is 18.4 Å². The van der Waals surface area contributed by atoms with Crippen LogP contribution in [0, 0.1) is 11.8 Å². The van der Waals surface area contributed by atoms with Crippen molar-refractivity contribution in [3.63, 3.8) is 0 Å². The molecule has 112 valence electrons. The standard InChI is InChI=1S/C18H30N2/c1-14-10-11-17(15(2)12-14)19-18(13-20(3)4)16-8-6-5-7-9-16/h5-9,14-15,17-19H,10-13H2,1-4H3. The predicted molar refractivity (Wildman–Crippen MR) is 86.8 cm³/mol. The van der Waals surface area contributed by atoms with Crippen molar-refractivity contribution in [2.75, 3.05) is 20.6 Å². The summed E-state index contributed by atoms with van der Waals surface area (Å²) in [6.07, 6.45) is 4.05. The van der Waals surface area contributed by atoms with Crippen molar-refractivity contribution in [1.29, 1.82) is 0 Å². The molecule has 1 aromatic carbocycles. The highest BCUT2D eigenvalue weighted by molar-refractivity contribution is 5.19. The molecular formula is C18H30N2. The van der Waals surface area contributed by atoms with Gasteiger partial charge in [0.1, 0.15) is 0 Å². The van der Waals surface area contributed by atoms with Gasteiger partial charge in [-0.1, -0.05) is 44.2 Å². The molecule has 2 rings (SSSR count). The molecule has 1 fully saturated rings. The molecule has 0 spiro atoms. The molecule has 0 heterocycles. The largest absolute Gasteiger partial charge is 0.308 e. The minimum Gasteiger partial charge on any atom is -0.308 e. The maximum Gasteiger partial charge on any atom is 0.0451 e. The molecule has 1 aliphatic carbocycles. The number of nitrogens with one attached hydrogen (secondary N) is 1. The average molecular weight is 274 g/mol. The van der Waals surface area contributed by atoms with Crippen LogP contribution in [0.15, 0.2) is 30.3 Å². The molecule has 0 amide bonds. The van der Waals surface area contributed by atoms with Gasteiger partial charge in [-0.2, -0.15) is 0 Å². The molecule has 1 aromatic rings. The van der Waals surface area contributed by atoms with Gasteiger partial charge in [0.05, 0.1) is 0 Å². The van der Waals surface area contributed by atoms with E-state index in [1.165, 1.54) is 24.8 Å². The summed E-state index contributed by atoms with van der Waals surface area (Å²) < 4.78 is 0. The number of hydrogen-bond donors (Lipinski definition) is 1. The smallest absolute Gasteiger partial charge is 0.0451 e. The van der Waals surface area contributed by atoms with Gasteiger partial charge in [-0.15, -0.1) is 0 Å². The Hall–Kier alpha value is -0.860. The van der Waals surface area contributed by atoms with Crippen LogP contribution in [0.5, 0.6) is 0 Å². The zero-order valence-electron chi connectivity index (χ0n) is 13.5. The predicted octanol–water partition coefficient (Wildman–Crippen LogP) is 3.70. The maximum absolute atomic E-state index is 3.93. The third kappa shape index (κ3) is 4.32. The first-order valence-corrected chi connectivity index (χ1v) is 8.02. The lowest BCUT2D eigenvalue weighted by Gasteiger charge is -2.37. The summed E-state index contributed by atoms with van der Waals surface area (Å²) in [4.78, 5) is 2.28. The van der Waals surface area contributed by atoms with Crippen LogP contribution in [-0.2, 0) is 0 Å². The Labute approximate surface area is 124 Å². The van der Waals surface area contributed by atoms with Gasteiger partial charge in [0, 0.05) is 18.6 Å². The van der Waals surface area contributed by atoms with Crippen molar-refractivity contribution in [2.24, 2.45) is 11.8 Å². The number of rotatable bonds is 5. The maximum atomic E-state index is 3.93. The van der Waals surface area contributed by atoms with Gasteiger partial charge < -0.3 is 10.2 Å². The van der Waals surface area contributed by atoms with E-state index in [2.05, 4.69) is 68.5 Å². The highest BCUT2D eigenvalue weighted by Gasteiger charge is 2.27. The number of nitrogens with zero attached hydrogens (tertiary/aromatic N) is 1. The summed E-state index contributed by atoms with van der Waals surface area (Å²) in [6, 6.07) is 12.0. The average Bonchev–Trinajstić information content (AvgIpc) is 2.41. The van der Waals surface area contributed by atoms with Gasteiger partial charge in [0.15, 0.2) is 0 Å². The highest BCUT2D eigenvalue weighted by Crippen LogP contribution is 2.30. The molecule has 2 heteroatoms. The summed E-state index contributed by atoms with van der Waals surface area (Å²) in [5, 5.41) is 3.93. The lowest BCUT2D eigenvalue weighted by atomic mass is 9.79. The van der Waals surface area contributed by atoms with Crippen LogP contribution in [0.3, 0.4) is 0 Å². The molecule has 1 N–H and O–H groups in total. The Balaban J connectivity index is 2.04. The van der Waals surface area contributed by atoms with Gasteiger partial charge in [0.2, 0.25) is 0 Å². The van der Waals surface area contributed by atoms with Crippen LogP contribution in [0.1, 0.15) is 44.7 Å². The summed E-state index contributed by atoms with van der Waals surface area (Å²) >= 11 is 0. The molecule has 0 radical (unpaired) electrons. The van der Waals surface area contributed by atoms with Gasteiger partial charge in [0.25, 0.3) is 0 Å². The fourth-order valence-electron chi connectivity index (χ4n) is 3.48. The third-order valence-electron chi connectivity index (χ3n) is 4.60. The summed E-state index contributed by atoms with van der Waals surface area (Å²) in [5.74, 6) is 1.68. The van der Waals surface area contributed by atoms with E-state index in [-0.39, 0.29) is 0 Å². The van der Waals surface area contributed by atoms with Crippen molar-refractivity contribution in [2.45, 2.75) is 45.2 Å². The van der Waals surface area contributed by atoms with Gasteiger partial charge in [-0.25, -0.2) is 0 Å². The topological polar surface area (TPSA) is 15.3 Å². The van der Waals surface area contributed by atoms with E-state index >= 15 is 0 Å². The number of hydrogen-bond acceptors (Lipinski definition) is 2. The Morgan fingerprint density at radius 2 is 1.85 bits per heavy atom. The normalized spacial score (nSPS) is 28.6. The van der Waals surface area contributed by atoms with Crippen molar-refractivity contribution in [3.8, 4) is 0 Å². The Morgan fingerprint density at radius 3 is 2.45 bits per heavy atom. The summed E-state index contributed by atoms with van der Waals surface area (Å²) in [6.45, 7) is 5.86. The molecule has 2 nitrogen and oxygen atoms in total. The molecule has 0 bridgehead atoms. The van der Waals surface area contributed by atoms with Gasteiger partial charge >= 0.3 is 0 Å². The minimum atomic E-state index is 0.437. The first-order chi connectivity index (χ1) is 9.56. The van der Waals surface area contributed by atoms with E-state index in [1.807, 2.05) is 0 Å². The molecule has 4 atom stereocenters. The second kappa shape index (κ2) is 7.24. The third-order valence-corrected chi connectivity index (χ3v) is 4.60. The lowest BCUT2D eigenvalue weighted by molar-refractivity contribution is 0.201. The molecule has 0 saturated heterocycles. The van der Waals surface area contributed by atoms with Crippen LogP contribution >= 0.6 is 0 Å². The molecule has 0 aliphatic heterocycles. The van der Waals surface area contributed by atoms with Gasteiger partial charge in [-0.05, 0) is 50.8 Å². The van der Waals surface area contributed by atoms with Crippen LogP contribution < -0.4 is 5.32 Å². The quantitative estimate of drug-likeness (QED) is 0.880. The zero-order valence-corrected chi connectivity index (χ0v) is 13.5. The molecular weight excluding hydrogens is 244 g/mol. The van der Waals surface area contributed by atoms with Crippen LogP contribution in [0.4, 0.5) is 0 Å². The Kier molecular flexibility index (Phi) is 5.62. The molecule has 4 unspecified atom stereocenters. The second-order valence-electron chi connectivity index (χ2n) is 6.89. The van der Waals surface area contributed by atoms with Crippen molar-refractivity contribution >= 4 is 0 Å². The Bertz CT molecular complexity index is 388. The summed E-state index contributed by atoms with van der Waals surface area (Å²) in [5.41, 5.74) is 1.41. The fraction of sp³-hybridized carbons (Fsp3) is 0.667. The zero-order chi connectivity index (χ0) is 14.5. The first-order valence-electron chi connectivity index (χ1n) is 8.02. The SMILES string of the molecule is CC1CCC(NC(CN(C)C)c2ccccc2)C(C)C1. The highest BCUT2D eigenvalue weighted by atomic mass is 15.1. The monoisotopic (exact) mass is 274 g/mol. The summed E-state index contributed by atoms with van der Waals surface area (Å²) in [7, 11) is 4.31. The number of benzene rings is 1. The van der Waals surface area contributed by atoms with Crippen molar-refractivity contribution in [3.05, 3.63) is 35.9 Å². The molecule has 0 aromatic heterocycles. The minimum absolute atomic E-state index is 0.437. The Morgan fingerprint density at radius 1 is 1.15 bits per heavy atom. The van der Waals surface area contributed by atoms with Gasteiger partial charge in [-0.3, -0.25) is 0 Å². The molecule has 20 heavy (non-hydrogen) atoms. The van der Waals surface area contributed by atoms with Crippen LogP contribution in [0.25, 0.3) is 0 Å². The second-order valence-corrected chi connectivity index (χ2v) is 6.89. The van der Waals surface area contributed by atoms with Crippen molar-refractivity contribution < 1.29 is 0 Å². The van der Waals surface area contributed by atoms with E-state index in [1.54, 1.807) is 0 Å². The number of likely N-dealkylation sites (N-methyl/N-ethyl adjacent to an activating group) is 1. The first kappa shape index (κ1) is 15.5. The van der Waals surface area contributed by atoms with E-state index in [9.17, 15) is 0 Å². The lowest BCUT2D eigenvalue weighted by Crippen LogP contribution is -2.43. The van der Waals surface area contributed by atoms with Crippen LogP contribution in [0.2, 0.25) is 0 Å². The van der Waals surface area contributed by atoms with E-state index in [0.29, 0.717) is 12.1 Å². The van der Waals surface area contributed by atoms with E-state index < -0.39 is 0 Å². The fourth-order valence-corrected chi connectivity index (χ4v) is 3.48. The van der Waals surface area contributed by atoms with E-state index in [4.69, 9.17) is 0 Å². The van der Waals surface area contributed by atoms with Crippen LogP contribution in [-0.4, -0.2) is 31.6 Å². The molecule has 1 aliphatic rings. The van der Waals surface area contributed by atoms with Crippen molar-refractivity contribution in [1.82, 2.24) is 10.2 Å². The molecule has 1 saturated carbocycles.